The minimum Gasteiger partial charge on any atom is -0.314 e. The van der Waals surface area contributed by atoms with Crippen LogP contribution < -0.4 is 10.6 Å². The highest BCUT2D eigenvalue weighted by atomic mass is 35.5. The zero-order valence-electron chi connectivity index (χ0n) is 9.96. The van der Waals surface area contributed by atoms with E-state index in [0.717, 1.165) is 36.6 Å². The molecule has 0 radical (unpaired) electrons. The molecule has 3 nitrogen and oxygen atoms in total. The lowest BCUT2D eigenvalue weighted by Gasteiger charge is -2.09. The maximum absolute atomic E-state index is 5.99. The van der Waals surface area contributed by atoms with Gasteiger partial charge in [0.05, 0.1) is 5.02 Å². The summed E-state index contributed by atoms with van der Waals surface area (Å²) < 4.78 is 0. The zero-order chi connectivity index (χ0) is 11.8. The first kappa shape index (κ1) is 13.4. The lowest BCUT2D eigenvalue weighted by atomic mass is 10.2. The first-order valence-electron chi connectivity index (χ1n) is 5.72. The summed E-state index contributed by atoms with van der Waals surface area (Å²) in [6.45, 7) is 7.17. The Morgan fingerprint density at radius 2 is 2.19 bits per heavy atom. The van der Waals surface area contributed by atoms with E-state index >= 15 is 0 Å². The van der Waals surface area contributed by atoms with E-state index in [2.05, 4.69) is 29.5 Å². The summed E-state index contributed by atoms with van der Waals surface area (Å²) in [6, 6.07) is 2.51. The van der Waals surface area contributed by atoms with Crippen molar-refractivity contribution < 1.29 is 0 Å². The Morgan fingerprint density at radius 3 is 2.88 bits per heavy atom. The molecule has 0 aliphatic carbocycles. The fourth-order valence-corrected chi connectivity index (χ4v) is 1.56. The Bertz CT molecular complexity index is 302. The molecule has 0 fully saturated rings. The average molecular weight is 242 g/mol. The van der Waals surface area contributed by atoms with Crippen molar-refractivity contribution in [3.8, 4) is 0 Å². The van der Waals surface area contributed by atoms with Crippen LogP contribution in [-0.2, 0) is 6.54 Å². The summed E-state index contributed by atoms with van der Waals surface area (Å²) in [5, 5.41) is 7.48. The smallest absolute Gasteiger partial charge is 0.0634 e. The highest BCUT2D eigenvalue weighted by Gasteiger charge is 1.98. The van der Waals surface area contributed by atoms with Gasteiger partial charge in [0.25, 0.3) is 0 Å². The molecule has 0 aliphatic rings. The number of hydrogen-bond donors (Lipinski definition) is 2. The maximum atomic E-state index is 5.99. The van der Waals surface area contributed by atoms with Gasteiger partial charge < -0.3 is 10.6 Å². The van der Waals surface area contributed by atoms with Gasteiger partial charge in [0.15, 0.2) is 0 Å². The summed E-state index contributed by atoms with van der Waals surface area (Å²) >= 11 is 5.99. The van der Waals surface area contributed by atoms with E-state index in [1.165, 1.54) is 0 Å². The third-order valence-electron chi connectivity index (χ3n) is 2.25. The first-order chi connectivity index (χ1) is 7.70. The molecule has 0 atom stereocenters. The van der Waals surface area contributed by atoms with E-state index < -0.39 is 0 Å². The van der Waals surface area contributed by atoms with Crippen molar-refractivity contribution in [2.24, 2.45) is 0 Å². The highest BCUT2D eigenvalue weighted by Crippen LogP contribution is 2.12. The van der Waals surface area contributed by atoms with Crippen LogP contribution in [0.2, 0.25) is 5.02 Å². The summed E-state index contributed by atoms with van der Waals surface area (Å²) in [5.74, 6) is 0. The summed E-state index contributed by atoms with van der Waals surface area (Å²) in [6.07, 6.45) is 4.57. The van der Waals surface area contributed by atoms with E-state index in [1.807, 2.05) is 6.07 Å². The van der Waals surface area contributed by atoms with Gasteiger partial charge in [-0.2, -0.15) is 0 Å². The van der Waals surface area contributed by atoms with Crippen molar-refractivity contribution >= 4 is 11.6 Å². The molecule has 90 valence electrons. The molecule has 0 saturated carbocycles. The van der Waals surface area contributed by atoms with Crippen LogP contribution in [0.15, 0.2) is 18.5 Å². The molecule has 0 aliphatic heterocycles. The minimum absolute atomic E-state index is 0.564. The van der Waals surface area contributed by atoms with Crippen molar-refractivity contribution in [1.29, 1.82) is 0 Å². The number of pyridine rings is 1. The molecule has 0 saturated heterocycles. The van der Waals surface area contributed by atoms with E-state index in [4.69, 9.17) is 11.6 Å². The molecule has 1 aromatic rings. The van der Waals surface area contributed by atoms with Crippen LogP contribution in [0, 0.1) is 0 Å². The number of halogens is 1. The molecule has 16 heavy (non-hydrogen) atoms. The highest BCUT2D eigenvalue weighted by molar-refractivity contribution is 6.31. The van der Waals surface area contributed by atoms with E-state index in [-0.39, 0.29) is 0 Å². The molecule has 2 N–H and O–H groups in total. The zero-order valence-corrected chi connectivity index (χ0v) is 10.7. The van der Waals surface area contributed by atoms with Crippen molar-refractivity contribution in [1.82, 2.24) is 15.6 Å². The van der Waals surface area contributed by atoms with E-state index in [0.29, 0.717) is 6.04 Å². The molecule has 0 aromatic carbocycles. The van der Waals surface area contributed by atoms with Gasteiger partial charge in [-0.15, -0.1) is 0 Å². The Labute approximate surface area is 103 Å². The normalized spacial score (nSPS) is 11.0. The van der Waals surface area contributed by atoms with Gasteiger partial charge in [-0.1, -0.05) is 25.4 Å². The fraction of sp³-hybridized carbons (Fsp3) is 0.583. The van der Waals surface area contributed by atoms with Crippen LogP contribution in [0.25, 0.3) is 0 Å². The molecule has 1 aromatic heterocycles. The standard InChI is InChI=1S/C12H20ClN3/c1-10(2)16-6-3-5-14-8-11-4-7-15-9-12(11)13/h4,7,9-10,14,16H,3,5-6,8H2,1-2H3. The first-order valence-corrected chi connectivity index (χ1v) is 6.10. The van der Waals surface area contributed by atoms with Gasteiger partial charge in [0, 0.05) is 25.0 Å². The summed E-state index contributed by atoms with van der Waals surface area (Å²) in [7, 11) is 0. The van der Waals surface area contributed by atoms with Gasteiger partial charge >= 0.3 is 0 Å². The Morgan fingerprint density at radius 1 is 1.38 bits per heavy atom. The summed E-state index contributed by atoms with van der Waals surface area (Å²) in [4.78, 5) is 3.95. The molecule has 1 rings (SSSR count). The molecule has 0 amide bonds. The predicted molar refractivity (Wildman–Crippen MR) is 68.7 cm³/mol. The van der Waals surface area contributed by atoms with Crippen LogP contribution in [0.1, 0.15) is 25.8 Å². The quantitative estimate of drug-likeness (QED) is 0.719. The molecule has 4 heteroatoms. The molecular weight excluding hydrogens is 222 g/mol. The lowest BCUT2D eigenvalue weighted by Crippen LogP contribution is -2.26. The second kappa shape index (κ2) is 7.60. The van der Waals surface area contributed by atoms with Crippen molar-refractivity contribution in [3.63, 3.8) is 0 Å². The molecular formula is C12H20ClN3. The molecule has 0 spiro atoms. The Hall–Kier alpha value is -0.640. The van der Waals surface area contributed by atoms with Crippen molar-refractivity contribution in [3.05, 3.63) is 29.0 Å². The van der Waals surface area contributed by atoms with Crippen molar-refractivity contribution in [2.75, 3.05) is 13.1 Å². The van der Waals surface area contributed by atoms with E-state index in [1.54, 1.807) is 12.4 Å². The number of rotatable bonds is 7. The fourth-order valence-electron chi connectivity index (χ4n) is 1.37. The molecule has 1 heterocycles. The van der Waals surface area contributed by atoms with Crippen LogP contribution in [-0.4, -0.2) is 24.1 Å². The van der Waals surface area contributed by atoms with Crippen LogP contribution >= 0.6 is 11.6 Å². The lowest BCUT2D eigenvalue weighted by molar-refractivity contribution is 0.547. The topological polar surface area (TPSA) is 37.0 Å². The van der Waals surface area contributed by atoms with E-state index in [9.17, 15) is 0 Å². The maximum Gasteiger partial charge on any atom is 0.0634 e. The van der Waals surface area contributed by atoms with Crippen LogP contribution in [0.5, 0.6) is 0 Å². The second-order valence-corrected chi connectivity index (χ2v) is 4.51. The van der Waals surface area contributed by atoms with Crippen LogP contribution in [0.3, 0.4) is 0 Å². The number of hydrogen-bond acceptors (Lipinski definition) is 3. The van der Waals surface area contributed by atoms with Crippen LogP contribution in [0.4, 0.5) is 0 Å². The van der Waals surface area contributed by atoms with Crippen molar-refractivity contribution in [2.45, 2.75) is 32.9 Å². The van der Waals surface area contributed by atoms with Gasteiger partial charge in [-0.25, -0.2) is 0 Å². The van der Waals surface area contributed by atoms with Gasteiger partial charge in [0.1, 0.15) is 0 Å². The largest absolute Gasteiger partial charge is 0.314 e. The molecule has 0 bridgehead atoms. The Balaban J connectivity index is 2.10. The third kappa shape index (κ3) is 5.45. The third-order valence-corrected chi connectivity index (χ3v) is 2.60. The average Bonchev–Trinajstić information content (AvgIpc) is 2.25. The minimum atomic E-state index is 0.564. The Kier molecular flexibility index (Phi) is 6.38. The molecule has 0 unspecified atom stereocenters. The number of nitrogens with one attached hydrogen (secondary N) is 2. The second-order valence-electron chi connectivity index (χ2n) is 4.11. The SMILES string of the molecule is CC(C)NCCCNCc1ccncc1Cl. The van der Waals surface area contributed by atoms with Gasteiger partial charge in [-0.05, 0) is 31.1 Å². The predicted octanol–water partition coefficient (Wildman–Crippen LogP) is 2.21. The number of nitrogens with zero attached hydrogens (tertiary/aromatic N) is 1. The number of aromatic nitrogens is 1. The van der Waals surface area contributed by atoms with Gasteiger partial charge in [0.2, 0.25) is 0 Å². The summed E-state index contributed by atoms with van der Waals surface area (Å²) in [5.41, 5.74) is 1.11. The monoisotopic (exact) mass is 241 g/mol. The van der Waals surface area contributed by atoms with Gasteiger partial charge in [-0.3, -0.25) is 4.98 Å².